The molecule has 4 heterocycles. The zero-order valence-corrected chi connectivity index (χ0v) is 19.8. The van der Waals surface area contributed by atoms with E-state index in [4.69, 9.17) is 9.72 Å². The number of ether oxygens (including phenoxy) is 1. The highest BCUT2D eigenvalue weighted by Crippen LogP contribution is 2.39. The number of hydrogen-bond acceptors (Lipinski definition) is 7. The molecule has 3 aliphatic rings. The zero-order chi connectivity index (χ0) is 24.3. The third kappa shape index (κ3) is 3.38. The summed E-state index contributed by atoms with van der Waals surface area (Å²) in [5, 5.41) is 26.2. The van der Waals surface area contributed by atoms with Crippen molar-refractivity contribution in [2.24, 2.45) is 0 Å². The molecule has 1 aromatic carbocycles. The van der Waals surface area contributed by atoms with Gasteiger partial charge in [-0.15, -0.1) is 0 Å². The molecule has 8 nitrogen and oxygen atoms in total. The molecule has 3 aromatic rings. The lowest BCUT2D eigenvalue weighted by Gasteiger charge is -2.31. The summed E-state index contributed by atoms with van der Waals surface area (Å²) in [7, 11) is 0. The SMILES string of the molecule is CC[C@@]1(O)C(=O)OCc2c1cc1n(c2=O)Cc2cc3c(CNC4CCCCC4)c(O)ccc3nc2-1. The van der Waals surface area contributed by atoms with Gasteiger partial charge < -0.3 is 24.8 Å². The Balaban J connectivity index is 1.44. The molecule has 2 aromatic heterocycles. The maximum Gasteiger partial charge on any atom is 0.343 e. The van der Waals surface area contributed by atoms with Gasteiger partial charge in [0.2, 0.25) is 0 Å². The zero-order valence-electron chi connectivity index (χ0n) is 19.8. The van der Waals surface area contributed by atoms with Crippen LogP contribution in [0.5, 0.6) is 5.75 Å². The van der Waals surface area contributed by atoms with Crippen molar-refractivity contribution in [3.8, 4) is 17.1 Å². The van der Waals surface area contributed by atoms with Crippen LogP contribution in [-0.2, 0) is 34.8 Å². The molecule has 1 fully saturated rings. The van der Waals surface area contributed by atoms with E-state index in [0.29, 0.717) is 41.6 Å². The molecule has 35 heavy (non-hydrogen) atoms. The number of nitrogens with zero attached hydrogens (tertiary/aromatic N) is 2. The number of aliphatic hydroxyl groups is 1. The Hall–Kier alpha value is -3.23. The van der Waals surface area contributed by atoms with Crippen LogP contribution in [0.15, 0.2) is 29.1 Å². The number of phenols is 1. The first-order chi connectivity index (χ1) is 16.9. The van der Waals surface area contributed by atoms with Crippen molar-refractivity contribution < 1.29 is 19.7 Å². The Morgan fingerprint density at radius 1 is 1.20 bits per heavy atom. The first-order valence-electron chi connectivity index (χ1n) is 12.5. The number of aromatic nitrogens is 2. The third-order valence-corrected chi connectivity index (χ3v) is 7.95. The molecule has 1 atom stereocenters. The summed E-state index contributed by atoms with van der Waals surface area (Å²) >= 11 is 0. The normalized spacial score (nSPS) is 21.5. The molecular formula is C27H29N3O5. The minimum absolute atomic E-state index is 0.108. The molecule has 0 saturated heterocycles. The van der Waals surface area contributed by atoms with E-state index in [0.717, 1.165) is 34.9 Å². The second-order valence-electron chi connectivity index (χ2n) is 9.94. The molecule has 0 spiro atoms. The number of hydrogen-bond donors (Lipinski definition) is 3. The van der Waals surface area contributed by atoms with Gasteiger partial charge in [0, 0.05) is 34.7 Å². The summed E-state index contributed by atoms with van der Waals surface area (Å²) in [5.41, 5.74) is 2.15. The number of benzene rings is 1. The molecule has 8 heteroatoms. The molecule has 6 rings (SSSR count). The number of cyclic esters (lactones) is 1. The number of esters is 1. The van der Waals surface area contributed by atoms with E-state index in [9.17, 15) is 19.8 Å². The van der Waals surface area contributed by atoms with Crippen LogP contribution in [0.4, 0.5) is 0 Å². The van der Waals surface area contributed by atoms with Crippen LogP contribution in [0.2, 0.25) is 0 Å². The highest BCUT2D eigenvalue weighted by molar-refractivity contribution is 5.89. The quantitative estimate of drug-likeness (QED) is 0.389. The van der Waals surface area contributed by atoms with E-state index >= 15 is 0 Å². The van der Waals surface area contributed by atoms with Crippen LogP contribution in [0.3, 0.4) is 0 Å². The molecular weight excluding hydrogens is 446 g/mol. The van der Waals surface area contributed by atoms with Gasteiger partial charge in [-0.2, -0.15) is 0 Å². The summed E-state index contributed by atoms with van der Waals surface area (Å²) < 4.78 is 6.77. The van der Waals surface area contributed by atoms with Crippen LogP contribution in [0.25, 0.3) is 22.3 Å². The average Bonchev–Trinajstić information content (AvgIpc) is 3.23. The number of aromatic hydroxyl groups is 1. The van der Waals surface area contributed by atoms with Gasteiger partial charge >= 0.3 is 5.97 Å². The highest BCUT2D eigenvalue weighted by atomic mass is 16.6. The smallest absolute Gasteiger partial charge is 0.343 e. The standard InChI is InChI=1S/C27H29N3O5/c1-2-27(34)20-11-22-24-15(13-30(22)25(32)19(20)14-35-26(27)33)10-17-18(23(31)9-8-21(17)29-24)12-28-16-6-4-3-5-7-16/h8-11,16,28,31,34H,2-7,12-14H2,1H3/t27-/m0/s1. The van der Waals surface area contributed by atoms with Gasteiger partial charge in [0.25, 0.3) is 5.56 Å². The lowest BCUT2D eigenvalue weighted by Crippen LogP contribution is -2.44. The van der Waals surface area contributed by atoms with Crippen molar-refractivity contribution in [1.82, 2.24) is 14.9 Å². The van der Waals surface area contributed by atoms with Crippen LogP contribution >= 0.6 is 0 Å². The average molecular weight is 476 g/mol. The second kappa shape index (κ2) is 8.17. The molecule has 0 bridgehead atoms. The lowest BCUT2D eigenvalue weighted by atomic mass is 9.86. The van der Waals surface area contributed by atoms with Crippen LogP contribution in [-0.4, -0.2) is 31.8 Å². The van der Waals surface area contributed by atoms with Crippen molar-refractivity contribution in [3.63, 3.8) is 0 Å². The largest absolute Gasteiger partial charge is 0.508 e. The van der Waals surface area contributed by atoms with Crippen molar-refractivity contribution in [2.45, 2.75) is 76.8 Å². The number of pyridine rings is 2. The Morgan fingerprint density at radius 3 is 2.77 bits per heavy atom. The Kier molecular flexibility index (Phi) is 5.19. The fraction of sp³-hybridized carbons (Fsp3) is 0.444. The monoisotopic (exact) mass is 475 g/mol. The van der Waals surface area contributed by atoms with Crippen LogP contribution < -0.4 is 10.9 Å². The molecule has 2 aliphatic heterocycles. The van der Waals surface area contributed by atoms with E-state index in [-0.39, 0.29) is 24.3 Å². The van der Waals surface area contributed by atoms with Gasteiger partial charge in [-0.3, -0.25) is 4.79 Å². The van der Waals surface area contributed by atoms with E-state index in [1.165, 1.54) is 19.3 Å². The molecule has 0 unspecified atom stereocenters. The van der Waals surface area contributed by atoms with Crippen LogP contribution in [0, 0.1) is 0 Å². The minimum Gasteiger partial charge on any atom is -0.508 e. The lowest BCUT2D eigenvalue weighted by molar-refractivity contribution is -0.172. The maximum atomic E-state index is 13.4. The first kappa shape index (κ1) is 22.2. The van der Waals surface area contributed by atoms with Gasteiger partial charge in [-0.05, 0) is 43.5 Å². The van der Waals surface area contributed by atoms with Gasteiger partial charge in [0.1, 0.15) is 12.4 Å². The van der Waals surface area contributed by atoms with Gasteiger partial charge in [0.05, 0.1) is 29.0 Å². The van der Waals surface area contributed by atoms with Gasteiger partial charge in [-0.25, -0.2) is 9.78 Å². The van der Waals surface area contributed by atoms with Crippen molar-refractivity contribution in [2.75, 3.05) is 0 Å². The molecule has 1 aliphatic carbocycles. The van der Waals surface area contributed by atoms with Crippen molar-refractivity contribution in [3.05, 3.63) is 56.9 Å². The van der Waals surface area contributed by atoms with Gasteiger partial charge in [-0.1, -0.05) is 26.2 Å². The number of carbonyl (C=O) groups excluding carboxylic acids is 1. The summed E-state index contributed by atoms with van der Waals surface area (Å²) in [5.74, 6) is -0.499. The van der Waals surface area contributed by atoms with E-state index < -0.39 is 11.6 Å². The number of phenolic OH excluding ortho intramolecular Hbond substituents is 1. The summed E-state index contributed by atoms with van der Waals surface area (Å²) in [6.45, 7) is 2.43. The van der Waals surface area contributed by atoms with Crippen molar-refractivity contribution in [1.29, 1.82) is 0 Å². The molecule has 0 amide bonds. The fourth-order valence-corrected chi connectivity index (χ4v) is 5.84. The predicted molar refractivity (Wildman–Crippen MR) is 130 cm³/mol. The highest BCUT2D eigenvalue weighted by Gasteiger charge is 2.45. The summed E-state index contributed by atoms with van der Waals surface area (Å²) in [6, 6.07) is 7.64. The summed E-state index contributed by atoms with van der Waals surface area (Å²) in [6.07, 6.45) is 6.16. The van der Waals surface area contributed by atoms with E-state index in [2.05, 4.69) is 5.32 Å². The van der Waals surface area contributed by atoms with E-state index in [1.54, 1.807) is 29.7 Å². The fourth-order valence-electron chi connectivity index (χ4n) is 5.84. The van der Waals surface area contributed by atoms with Crippen molar-refractivity contribution >= 4 is 16.9 Å². The van der Waals surface area contributed by atoms with Gasteiger partial charge in [0.15, 0.2) is 5.60 Å². The molecule has 3 N–H and O–H groups in total. The first-order valence-corrected chi connectivity index (χ1v) is 12.5. The van der Waals surface area contributed by atoms with Crippen LogP contribution in [0.1, 0.15) is 67.7 Å². The number of carbonyl (C=O) groups is 1. The van der Waals surface area contributed by atoms with E-state index in [1.807, 2.05) is 6.07 Å². The number of rotatable bonds is 4. The number of nitrogens with one attached hydrogen (secondary N) is 1. The minimum atomic E-state index is -1.84. The molecule has 1 saturated carbocycles. The topological polar surface area (TPSA) is 114 Å². The second-order valence-corrected chi connectivity index (χ2v) is 9.94. The Morgan fingerprint density at radius 2 is 2.00 bits per heavy atom. The third-order valence-electron chi connectivity index (χ3n) is 7.95. The maximum absolute atomic E-state index is 13.4. The Labute approximate surface area is 202 Å². The number of fused-ring (bicyclic) bond motifs is 5. The predicted octanol–water partition coefficient (Wildman–Crippen LogP) is 3.21. The Bertz CT molecular complexity index is 1420. The molecule has 182 valence electrons. The summed E-state index contributed by atoms with van der Waals surface area (Å²) in [4.78, 5) is 30.6. The molecule has 0 radical (unpaired) electrons.